The SMILES string of the molecule is CN(CC(N)=O)C(=O)N[C@H](Cc1ccc(O)cc1)C(=O)O. The molecule has 0 fully saturated rings. The highest BCUT2D eigenvalue weighted by Crippen LogP contribution is 2.11. The van der Waals surface area contributed by atoms with E-state index < -0.39 is 23.9 Å². The number of carboxylic acids is 1. The molecular formula is C13H17N3O5. The first-order valence-corrected chi connectivity index (χ1v) is 6.10. The maximum absolute atomic E-state index is 11.7. The van der Waals surface area contributed by atoms with E-state index >= 15 is 0 Å². The third-order valence-corrected chi connectivity index (χ3v) is 2.71. The number of benzene rings is 1. The summed E-state index contributed by atoms with van der Waals surface area (Å²) in [7, 11) is 1.33. The molecule has 5 N–H and O–H groups in total. The van der Waals surface area contributed by atoms with E-state index in [2.05, 4.69) is 5.32 Å². The van der Waals surface area contributed by atoms with Crippen LogP contribution in [0.25, 0.3) is 0 Å². The van der Waals surface area contributed by atoms with Gasteiger partial charge in [0, 0.05) is 13.5 Å². The van der Waals surface area contributed by atoms with Gasteiger partial charge < -0.3 is 26.2 Å². The fraction of sp³-hybridized carbons (Fsp3) is 0.308. The number of hydrogen-bond donors (Lipinski definition) is 4. The Bertz CT molecular complexity index is 529. The fourth-order valence-corrected chi connectivity index (χ4v) is 1.63. The molecule has 0 aliphatic rings. The van der Waals surface area contributed by atoms with Crippen molar-refractivity contribution in [3.63, 3.8) is 0 Å². The number of nitrogens with zero attached hydrogens (tertiary/aromatic N) is 1. The number of rotatable bonds is 6. The highest BCUT2D eigenvalue weighted by molar-refractivity contribution is 5.86. The van der Waals surface area contributed by atoms with Gasteiger partial charge in [0.05, 0.1) is 0 Å². The Balaban J connectivity index is 2.69. The van der Waals surface area contributed by atoms with Crippen LogP contribution in [-0.4, -0.2) is 52.7 Å². The number of carbonyl (C=O) groups excluding carboxylic acids is 2. The highest BCUT2D eigenvalue weighted by Gasteiger charge is 2.22. The van der Waals surface area contributed by atoms with Crippen LogP contribution < -0.4 is 11.1 Å². The average molecular weight is 295 g/mol. The summed E-state index contributed by atoms with van der Waals surface area (Å²) >= 11 is 0. The summed E-state index contributed by atoms with van der Waals surface area (Å²) in [4.78, 5) is 34.6. The molecule has 0 saturated carbocycles. The molecule has 8 nitrogen and oxygen atoms in total. The molecule has 1 aromatic rings. The standard InChI is InChI=1S/C13H17N3O5/c1-16(7-11(14)18)13(21)15-10(12(19)20)6-8-2-4-9(17)5-3-8/h2-5,10,17H,6-7H2,1H3,(H2,14,18)(H,15,21)(H,19,20)/t10-/m1/s1. The zero-order valence-corrected chi connectivity index (χ0v) is 11.4. The molecule has 1 aromatic carbocycles. The van der Waals surface area contributed by atoms with Crippen LogP contribution in [0.2, 0.25) is 0 Å². The number of amides is 3. The second kappa shape index (κ2) is 7.13. The molecule has 1 atom stereocenters. The maximum Gasteiger partial charge on any atom is 0.326 e. The van der Waals surface area contributed by atoms with Gasteiger partial charge in [0.25, 0.3) is 0 Å². The van der Waals surface area contributed by atoms with Crippen LogP contribution >= 0.6 is 0 Å². The number of phenols is 1. The smallest absolute Gasteiger partial charge is 0.326 e. The molecule has 0 aliphatic carbocycles. The van der Waals surface area contributed by atoms with Crippen LogP contribution in [0.3, 0.4) is 0 Å². The van der Waals surface area contributed by atoms with Crippen molar-refractivity contribution in [3.05, 3.63) is 29.8 Å². The van der Waals surface area contributed by atoms with Crippen molar-refractivity contribution in [2.24, 2.45) is 5.73 Å². The molecule has 3 amide bonds. The van der Waals surface area contributed by atoms with Gasteiger partial charge in [-0.25, -0.2) is 9.59 Å². The number of aliphatic carboxylic acids is 1. The number of urea groups is 1. The van der Waals surface area contributed by atoms with Crippen molar-refractivity contribution in [1.29, 1.82) is 0 Å². The first kappa shape index (κ1) is 16.3. The Kier molecular flexibility index (Phi) is 5.53. The number of likely N-dealkylation sites (N-methyl/N-ethyl adjacent to an activating group) is 1. The van der Waals surface area contributed by atoms with Gasteiger partial charge in [-0.1, -0.05) is 12.1 Å². The molecule has 114 valence electrons. The predicted molar refractivity (Wildman–Crippen MR) is 73.6 cm³/mol. The second-order valence-corrected chi connectivity index (χ2v) is 4.53. The van der Waals surface area contributed by atoms with Crippen molar-refractivity contribution in [3.8, 4) is 5.75 Å². The molecule has 8 heteroatoms. The van der Waals surface area contributed by atoms with E-state index in [1.807, 2.05) is 0 Å². The van der Waals surface area contributed by atoms with E-state index in [0.29, 0.717) is 5.56 Å². The monoisotopic (exact) mass is 295 g/mol. The number of nitrogens with two attached hydrogens (primary N) is 1. The third kappa shape index (κ3) is 5.39. The fourth-order valence-electron chi connectivity index (χ4n) is 1.63. The lowest BCUT2D eigenvalue weighted by atomic mass is 10.1. The van der Waals surface area contributed by atoms with Gasteiger partial charge in [-0.05, 0) is 17.7 Å². The summed E-state index contributed by atoms with van der Waals surface area (Å²) in [5.74, 6) is -1.84. The summed E-state index contributed by atoms with van der Waals surface area (Å²) in [5.41, 5.74) is 5.60. The molecule has 0 bridgehead atoms. The zero-order valence-electron chi connectivity index (χ0n) is 11.4. The minimum atomic E-state index is -1.20. The van der Waals surface area contributed by atoms with E-state index in [-0.39, 0.29) is 18.7 Å². The summed E-state index contributed by atoms with van der Waals surface area (Å²) in [5, 5.41) is 20.6. The molecular weight excluding hydrogens is 278 g/mol. The van der Waals surface area contributed by atoms with Crippen LogP contribution in [0.15, 0.2) is 24.3 Å². The van der Waals surface area contributed by atoms with E-state index in [0.717, 1.165) is 4.90 Å². The molecule has 0 unspecified atom stereocenters. The first-order valence-electron chi connectivity index (χ1n) is 6.10. The zero-order chi connectivity index (χ0) is 16.0. The van der Waals surface area contributed by atoms with Crippen molar-refractivity contribution < 1.29 is 24.6 Å². The van der Waals surface area contributed by atoms with Crippen molar-refractivity contribution in [1.82, 2.24) is 10.2 Å². The van der Waals surface area contributed by atoms with Gasteiger partial charge in [-0.15, -0.1) is 0 Å². The van der Waals surface area contributed by atoms with Crippen molar-refractivity contribution in [2.75, 3.05) is 13.6 Å². The van der Waals surface area contributed by atoms with Gasteiger partial charge in [0.15, 0.2) is 0 Å². The molecule has 0 aliphatic heterocycles. The van der Waals surface area contributed by atoms with E-state index in [1.54, 1.807) is 12.1 Å². The molecule has 0 saturated heterocycles. The quantitative estimate of drug-likeness (QED) is 0.562. The van der Waals surface area contributed by atoms with E-state index in [4.69, 9.17) is 15.9 Å². The Hall–Kier alpha value is -2.77. The lowest BCUT2D eigenvalue weighted by Crippen LogP contribution is -2.49. The molecule has 1 rings (SSSR count). The van der Waals surface area contributed by atoms with Gasteiger partial charge in [0.2, 0.25) is 5.91 Å². The van der Waals surface area contributed by atoms with Crippen LogP contribution in [0.1, 0.15) is 5.56 Å². The van der Waals surface area contributed by atoms with Gasteiger partial charge in [-0.3, -0.25) is 4.79 Å². The summed E-state index contributed by atoms with van der Waals surface area (Å²) in [6, 6.07) is 4.11. The Morgan fingerprint density at radius 2 is 1.86 bits per heavy atom. The lowest BCUT2D eigenvalue weighted by Gasteiger charge is -2.20. The predicted octanol–water partition coefficient (Wildman–Crippen LogP) is -0.485. The Labute approximate surface area is 121 Å². The number of phenolic OH excluding ortho intramolecular Hbond substituents is 1. The lowest BCUT2D eigenvalue weighted by molar-refractivity contribution is -0.139. The van der Waals surface area contributed by atoms with Crippen LogP contribution in [0, 0.1) is 0 Å². The van der Waals surface area contributed by atoms with Crippen LogP contribution in [0.4, 0.5) is 4.79 Å². The second-order valence-electron chi connectivity index (χ2n) is 4.53. The third-order valence-electron chi connectivity index (χ3n) is 2.71. The molecule has 0 heterocycles. The molecule has 0 spiro atoms. The summed E-state index contributed by atoms with van der Waals surface area (Å²) in [6.07, 6.45) is 0.0474. The largest absolute Gasteiger partial charge is 0.508 e. The summed E-state index contributed by atoms with van der Waals surface area (Å²) < 4.78 is 0. The summed E-state index contributed by atoms with van der Waals surface area (Å²) in [6.45, 7) is -0.308. The Morgan fingerprint density at radius 3 is 2.33 bits per heavy atom. The highest BCUT2D eigenvalue weighted by atomic mass is 16.4. The minimum Gasteiger partial charge on any atom is -0.508 e. The number of carboxylic acid groups (broad SMARTS) is 1. The van der Waals surface area contributed by atoms with Gasteiger partial charge >= 0.3 is 12.0 Å². The number of hydrogen-bond acceptors (Lipinski definition) is 4. The first-order chi connectivity index (χ1) is 9.79. The van der Waals surface area contributed by atoms with Crippen molar-refractivity contribution >= 4 is 17.9 Å². The van der Waals surface area contributed by atoms with Gasteiger partial charge in [-0.2, -0.15) is 0 Å². The minimum absolute atomic E-state index is 0.0474. The maximum atomic E-state index is 11.7. The molecule has 0 aromatic heterocycles. The number of aromatic hydroxyl groups is 1. The number of primary amides is 1. The van der Waals surface area contributed by atoms with Crippen LogP contribution in [-0.2, 0) is 16.0 Å². The average Bonchev–Trinajstić information content (AvgIpc) is 2.39. The Morgan fingerprint density at radius 1 is 1.29 bits per heavy atom. The van der Waals surface area contributed by atoms with Gasteiger partial charge in [0.1, 0.15) is 18.3 Å². The van der Waals surface area contributed by atoms with Crippen LogP contribution in [0.5, 0.6) is 5.75 Å². The van der Waals surface area contributed by atoms with Crippen molar-refractivity contribution in [2.45, 2.75) is 12.5 Å². The van der Waals surface area contributed by atoms with E-state index in [1.165, 1.54) is 19.2 Å². The number of nitrogens with one attached hydrogen (secondary N) is 1. The normalized spacial score (nSPS) is 11.5. The molecule has 21 heavy (non-hydrogen) atoms. The van der Waals surface area contributed by atoms with E-state index in [9.17, 15) is 14.4 Å². The topological polar surface area (TPSA) is 133 Å². The number of carbonyl (C=O) groups is 3. The molecule has 0 radical (unpaired) electrons.